The molecule has 0 fully saturated rings. The number of carbonyl (C=O) groups is 1. The predicted molar refractivity (Wildman–Crippen MR) is 60.2 cm³/mol. The average Bonchev–Trinajstić information content (AvgIpc) is 2.61. The first-order valence-electron chi connectivity index (χ1n) is 4.88. The summed E-state index contributed by atoms with van der Waals surface area (Å²) < 4.78 is 37.4. The fraction of sp³-hybridized carbons (Fsp3) is 0.300. The van der Waals surface area contributed by atoms with Crippen LogP contribution in [0.5, 0.6) is 0 Å². The van der Waals surface area contributed by atoms with Crippen molar-refractivity contribution in [1.29, 1.82) is 0 Å². The van der Waals surface area contributed by atoms with Crippen molar-refractivity contribution >= 4 is 22.1 Å². The molecule has 92 valence electrons. The van der Waals surface area contributed by atoms with Gasteiger partial charge < -0.3 is 5.32 Å². The Labute approximate surface area is 98.3 Å². The zero-order valence-electron chi connectivity index (χ0n) is 9.10. The van der Waals surface area contributed by atoms with Crippen LogP contribution in [0.4, 0.5) is 10.1 Å². The summed E-state index contributed by atoms with van der Waals surface area (Å²) in [5, 5.41) is 2.24. The maximum Gasteiger partial charge on any atom is 0.211 e. The molecular formula is C10H11FN2O3S. The van der Waals surface area contributed by atoms with Crippen molar-refractivity contribution in [1.82, 2.24) is 4.31 Å². The minimum absolute atomic E-state index is 0.0640. The van der Waals surface area contributed by atoms with Crippen LogP contribution in [0.3, 0.4) is 0 Å². The molecule has 0 aliphatic carbocycles. The maximum atomic E-state index is 13.5. The average molecular weight is 258 g/mol. The van der Waals surface area contributed by atoms with E-state index in [-0.39, 0.29) is 18.8 Å². The predicted octanol–water partition coefficient (Wildman–Crippen LogP) is 0.669. The fourth-order valence-corrected chi connectivity index (χ4v) is 2.55. The van der Waals surface area contributed by atoms with Gasteiger partial charge in [0.2, 0.25) is 16.4 Å². The Morgan fingerprint density at radius 1 is 1.35 bits per heavy atom. The van der Waals surface area contributed by atoms with E-state index in [4.69, 9.17) is 0 Å². The van der Waals surface area contributed by atoms with Gasteiger partial charge >= 0.3 is 0 Å². The number of carbonyl (C=O) groups excluding carboxylic acids is 1. The van der Waals surface area contributed by atoms with Crippen molar-refractivity contribution < 1.29 is 17.6 Å². The molecule has 0 atom stereocenters. The van der Waals surface area contributed by atoms with Gasteiger partial charge in [0.25, 0.3) is 0 Å². The number of nitrogens with zero attached hydrogens (tertiary/aromatic N) is 1. The molecule has 0 saturated carbocycles. The fourth-order valence-electron chi connectivity index (χ4n) is 1.80. The van der Waals surface area contributed by atoms with Gasteiger partial charge in [-0.2, -0.15) is 4.31 Å². The van der Waals surface area contributed by atoms with Crippen LogP contribution in [0, 0.1) is 5.82 Å². The third-order valence-corrected chi connectivity index (χ3v) is 3.86. The quantitative estimate of drug-likeness (QED) is 0.810. The zero-order chi connectivity index (χ0) is 12.6. The van der Waals surface area contributed by atoms with Gasteiger partial charge in [-0.15, -0.1) is 0 Å². The summed E-state index contributed by atoms with van der Waals surface area (Å²) >= 11 is 0. The molecule has 1 aliphatic rings. The summed E-state index contributed by atoms with van der Waals surface area (Å²) in [6.45, 7) is 0.383. The van der Waals surface area contributed by atoms with Gasteiger partial charge in [-0.3, -0.25) is 4.79 Å². The number of fused-ring (bicyclic) bond motifs is 1. The first-order valence-corrected chi connectivity index (χ1v) is 6.73. The SMILES string of the molecule is CS(=O)(=O)N1Cc2cc(F)c(NC=O)cc2C1. The molecule has 1 aromatic rings. The number of amides is 1. The summed E-state index contributed by atoms with van der Waals surface area (Å²) in [7, 11) is -3.29. The molecule has 0 saturated heterocycles. The highest BCUT2D eigenvalue weighted by Crippen LogP contribution is 2.29. The molecule has 0 unspecified atom stereocenters. The minimum atomic E-state index is -3.29. The summed E-state index contributed by atoms with van der Waals surface area (Å²) in [5.41, 5.74) is 1.40. The highest BCUT2D eigenvalue weighted by molar-refractivity contribution is 7.88. The lowest BCUT2D eigenvalue weighted by Gasteiger charge is -2.10. The molecule has 1 amide bonds. The number of rotatable bonds is 3. The van der Waals surface area contributed by atoms with Crippen LogP contribution in [-0.2, 0) is 27.9 Å². The Kier molecular flexibility index (Phi) is 2.88. The van der Waals surface area contributed by atoms with Crippen LogP contribution in [-0.4, -0.2) is 25.4 Å². The van der Waals surface area contributed by atoms with E-state index in [0.717, 1.165) is 6.26 Å². The molecule has 0 bridgehead atoms. The second-order valence-electron chi connectivity index (χ2n) is 3.89. The first-order chi connectivity index (χ1) is 7.91. The molecule has 0 spiro atoms. The molecule has 1 N–H and O–H groups in total. The number of halogens is 1. The van der Waals surface area contributed by atoms with E-state index in [1.807, 2.05) is 0 Å². The lowest BCUT2D eigenvalue weighted by molar-refractivity contribution is -0.105. The topological polar surface area (TPSA) is 66.5 Å². The second kappa shape index (κ2) is 4.08. The van der Waals surface area contributed by atoms with Crippen LogP contribution < -0.4 is 5.32 Å². The third-order valence-electron chi connectivity index (χ3n) is 2.67. The zero-order valence-corrected chi connectivity index (χ0v) is 9.92. The van der Waals surface area contributed by atoms with E-state index in [0.29, 0.717) is 17.5 Å². The van der Waals surface area contributed by atoms with E-state index in [2.05, 4.69) is 5.32 Å². The molecule has 2 rings (SSSR count). The van der Waals surface area contributed by atoms with Gasteiger partial charge in [0.05, 0.1) is 11.9 Å². The maximum absolute atomic E-state index is 13.5. The summed E-state index contributed by atoms with van der Waals surface area (Å²) in [6.07, 6.45) is 1.49. The van der Waals surface area contributed by atoms with Gasteiger partial charge in [0, 0.05) is 13.1 Å². The smallest absolute Gasteiger partial charge is 0.211 e. The molecule has 1 heterocycles. The Morgan fingerprint density at radius 3 is 2.47 bits per heavy atom. The van der Waals surface area contributed by atoms with Crippen molar-refractivity contribution in [2.75, 3.05) is 11.6 Å². The largest absolute Gasteiger partial charge is 0.326 e. The van der Waals surface area contributed by atoms with E-state index in [1.165, 1.54) is 16.4 Å². The number of sulfonamides is 1. The standard InChI is InChI=1S/C10H11FN2O3S/c1-17(15,16)13-4-7-2-9(11)10(12-6-14)3-8(7)5-13/h2-3,6H,4-5H2,1H3,(H,12,14). The molecular weight excluding hydrogens is 247 g/mol. The minimum Gasteiger partial charge on any atom is -0.326 e. The molecule has 17 heavy (non-hydrogen) atoms. The molecule has 5 nitrogen and oxygen atoms in total. The summed E-state index contributed by atoms with van der Waals surface area (Å²) in [6, 6.07) is 2.72. The summed E-state index contributed by atoms with van der Waals surface area (Å²) in [5.74, 6) is -0.564. The second-order valence-corrected chi connectivity index (χ2v) is 5.88. The number of benzene rings is 1. The van der Waals surface area contributed by atoms with Gasteiger partial charge in [-0.25, -0.2) is 12.8 Å². The van der Waals surface area contributed by atoms with Crippen molar-refractivity contribution in [2.24, 2.45) is 0 Å². The molecule has 7 heteroatoms. The van der Waals surface area contributed by atoms with Crippen LogP contribution in [0.25, 0.3) is 0 Å². The van der Waals surface area contributed by atoms with Crippen LogP contribution >= 0.6 is 0 Å². The highest BCUT2D eigenvalue weighted by Gasteiger charge is 2.27. The Hall–Kier alpha value is -1.47. The van der Waals surface area contributed by atoms with E-state index in [9.17, 15) is 17.6 Å². The van der Waals surface area contributed by atoms with E-state index in [1.54, 1.807) is 0 Å². The highest BCUT2D eigenvalue weighted by atomic mass is 32.2. The van der Waals surface area contributed by atoms with Crippen LogP contribution in [0.1, 0.15) is 11.1 Å². The van der Waals surface area contributed by atoms with Gasteiger partial charge in [-0.05, 0) is 23.3 Å². The van der Waals surface area contributed by atoms with E-state index >= 15 is 0 Å². The molecule has 1 aliphatic heterocycles. The Balaban J connectivity index is 2.36. The van der Waals surface area contributed by atoms with Crippen molar-refractivity contribution in [3.63, 3.8) is 0 Å². The Morgan fingerprint density at radius 2 is 1.94 bits per heavy atom. The molecule has 0 aromatic heterocycles. The lowest BCUT2D eigenvalue weighted by Crippen LogP contribution is -2.23. The first kappa shape index (κ1) is 12.0. The van der Waals surface area contributed by atoms with Crippen molar-refractivity contribution in [3.05, 3.63) is 29.1 Å². The third kappa shape index (κ3) is 2.29. The monoisotopic (exact) mass is 258 g/mol. The summed E-state index contributed by atoms with van der Waals surface area (Å²) in [4.78, 5) is 10.3. The molecule has 0 radical (unpaired) electrons. The number of anilines is 1. The van der Waals surface area contributed by atoms with Gasteiger partial charge in [-0.1, -0.05) is 0 Å². The van der Waals surface area contributed by atoms with Crippen LogP contribution in [0.2, 0.25) is 0 Å². The van der Waals surface area contributed by atoms with Gasteiger partial charge in [0.15, 0.2) is 0 Å². The lowest BCUT2D eigenvalue weighted by atomic mass is 10.1. The number of hydrogen-bond acceptors (Lipinski definition) is 3. The Bertz CT molecular complexity index is 571. The van der Waals surface area contributed by atoms with Crippen molar-refractivity contribution in [2.45, 2.75) is 13.1 Å². The van der Waals surface area contributed by atoms with E-state index < -0.39 is 15.8 Å². The van der Waals surface area contributed by atoms with Crippen molar-refractivity contribution in [3.8, 4) is 0 Å². The van der Waals surface area contributed by atoms with Crippen LogP contribution in [0.15, 0.2) is 12.1 Å². The number of nitrogens with one attached hydrogen (secondary N) is 1. The van der Waals surface area contributed by atoms with Gasteiger partial charge in [0.1, 0.15) is 5.82 Å². The molecule has 1 aromatic carbocycles. The number of hydrogen-bond donors (Lipinski definition) is 1. The normalized spacial score (nSPS) is 15.6.